The zero-order valence-electron chi connectivity index (χ0n) is 12.0. The van der Waals surface area contributed by atoms with Crippen molar-refractivity contribution in [1.82, 2.24) is 0 Å². The summed E-state index contributed by atoms with van der Waals surface area (Å²) < 4.78 is 5.21. The van der Waals surface area contributed by atoms with Gasteiger partial charge in [-0.3, -0.25) is 0 Å². The number of halogens is 1. The van der Waals surface area contributed by atoms with E-state index in [9.17, 15) is 0 Å². The highest BCUT2D eigenvalue weighted by Gasteiger charge is 2.34. The minimum Gasteiger partial charge on any atom is -0.465 e. The number of thiophene rings is 1. The summed E-state index contributed by atoms with van der Waals surface area (Å²) in [7, 11) is 0. The number of aliphatic imine (C=N–C) groups is 1. The summed E-state index contributed by atoms with van der Waals surface area (Å²) in [5.74, 6) is 0. The van der Waals surface area contributed by atoms with Gasteiger partial charge in [0.1, 0.15) is 5.54 Å². The molecule has 0 fully saturated rings. The Balaban J connectivity index is 2.04. The van der Waals surface area contributed by atoms with E-state index < -0.39 is 5.54 Å². The standard InChI is InChI=1S/C16H14ClN3OS/c1-16(5-6-21-15(19)20-16)14-12(17)8-13(22-14)11-4-2-3-10(7-11)9-18/h2-4,7-8H,5-6H2,1H3,(H2,19,20)/t16-/m0/s1. The molecular formula is C16H14ClN3OS. The number of nitrogens with two attached hydrogens (primary N) is 1. The molecule has 2 aromatic rings. The molecule has 112 valence electrons. The molecule has 1 aromatic heterocycles. The van der Waals surface area contributed by atoms with Gasteiger partial charge < -0.3 is 10.5 Å². The molecule has 0 radical (unpaired) electrons. The first-order valence-electron chi connectivity index (χ1n) is 6.80. The van der Waals surface area contributed by atoms with Gasteiger partial charge in [-0.25, -0.2) is 4.99 Å². The maximum absolute atomic E-state index is 9.02. The van der Waals surface area contributed by atoms with Crippen LogP contribution in [0.4, 0.5) is 0 Å². The van der Waals surface area contributed by atoms with Crippen LogP contribution in [0.25, 0.3) is 10.4 Å². The van der Waals surface area contributed by atoms with Crippen molar-refractivity contribution >= 4 is 29.0 Å². The van der Waals surface area contributed by atoms with E-state index in [0.717, 1.165) is 21.7 Å². The molecule has 6 heteroatoms. The van der Waals surface area contributed by atoms with Crippen LogP contribution in [0.5, 0.6) is 0 Å². The maximum Gasteiger partial charge on any atom is 0.282 e. The predicted octanol–water partition coefficient (Wildman–Crippen LogP) is 3.89. The fraction of sp³-hybridized carbons (Fsp3) is 0.250. The van der Waals surface area contributed by atoms with Crippen molar-refractivity contribution in [2.24, 2.45) is 10.7 Å². The van der Waals surface area contributed by atoms with E-state index in [2.05, 4.69) is 11.1 Å². The van der Waals surface area contributed by atoms with Gasteiger partial charge >= 0.3 is 0 Å². The van der Waals surface area contributed by atoms with Gasteiger partial charge in [0.2, 0.25) is 0 Å². The average Bonchev–Trinajstić information content (AvgIpc) is 2.90. The van der Waals surface area contributed by atoms with Crippen LogP contribution in [-0.2, 0) is 10.3 Å². The molecule has 1 aromatic carbocycles. The topological polar surface area (TPSA) is 71.4 Å². The van der Waals surface area contributed by atoms with Crippen LogP contribution in [0, 0.1) is 11.3 Å². The lowest BCUT2D eigenvalue weighted by atomic mass is 9.96. The van der Waals surface area contributed by atoms with E-state index >= 15 is 0 Å². The molecule has 0 saturated heterocycles. The molecule has 0 amide bonds. The number of amidine groups is 1. The van der Waals surface area contributed by atoms with E-state index in [-0.39, 0.29) is 6.02 Å². The first-order chi connectivity index (χ1) is 10.5. The molecule has 1 atom stereocenters. The van der Waals surface area contributed by atoms with Crippen molar-refractivity contribution < 1.29 is 4.74 Å². The van der Waals surface area contributed by atoms with Gasteiger partial charge in [0.25, 0.3) is 6.02 Å². The van der Waals surface area contributed by atoms with Crippen LogP contribution in [0.2, 0.25) is 5.02 Å². The third kappa shape index (κ3) is 2.68. The third-order valence-electron chi connectivity index (χ3n) is 3.65. The lowest BCUT2D eigenvalue weighted by Gasteiger charge is -2.28. The molecule has 22 heavy (non-hydrogen) atoms. The van der Waals surface area contributed by atoms with E-state index in [1.54, 1.807) is 17.4 Å². The second kappa shape index (κ2) is 5.64. The fourth-order valence-electron chi connectivity index (χ4n) is 2.47. The van der Waals surface area contributed by atoms with Gasteiger partial charge in [0.15, 0.2) is 0 Å². The van der Waals surface area contributed by atoms with Crippen LogP contribution < -0.4 is 5.73 Å². The molecule has 0 spiro atoms. The molecule has 0 aliphatic carbocycles. The van der Waals surface area contributed by atoms with Crippen molar-refractivity contribution in [3.8, 4) is 16.5 Å². The van der Waals surface area contributed by atoms with Crippen LogP contribution >= 0.6 is 22.9 Å². The monoisotopic (exact) mass is 331 g/mol. The summed E-state index contributed by atoms with van der Waals surface area (Å²) in [4.78, 5) is 6.41. The van der Waals surface area contributed by atoms with Crippen molar-refractivity contribution in [1.29, 1.82) is 5.26 Å². The van der Waals surface area contributed by atoms with Gasteiger partial charge in [-0.1, -0.05) is 23.7 Å². The molecule has 4 nitrogen and oxygen atoms in total. The second-order valence-corrected chi connectivity index (χ2v) is 6.76. The van der Waals surface area contributed by atoms with Crippen LogP contribution in [0.3, 0.4) is 0 Å². The number of benzene rings is 1. The van der Waals surface area contributed by atoms with Crippen molar-refractivity contribution in [3.63, 3.8) is 0 Å². The second-order valence-electron chi connectivity index (χ2n) is 5.30. The van der Waals surface area contributed by atoms with E-state index in [0.29, 0.717) is 17.2 Å². The Hall–Kier alpha value is -2.03. The summed E-state index contributed by atoms with van der Waals surface area (Å²) in [6.45, 7) is 2.54. The van der Waals surface area contributed by atoms with Crippen molar-refractivity contribution in [2.45, 2.75) is 18.9 Å². The fourth-order valence-corrected chi connectivity index (χ4v) is 4.13. The number of hydrogen-bond acceptors (Lipinski definition) is 5. The smallest absolute Gasteiger partial charge is 0.282 e. The Morgan fingerprint density at radius 1 is 1.45 bits per heavy atom. The first-order valence-corrected chi connectivity index (χ1v) is 8.00. The minimum atomic E-state index is -0.463. The van der Waals surface area contributed by atoms with Crippen LogP contribution in [0.15, 0.2) is 35.3 Å². The van der Waals surface area contributed by atoms with E-state index in [4.69, 9.17) is 27.3 Å². The predicted molar refractivity (Wildman–Crippen MR) is 89.0 cm³/mol. The van der Waals surface area contributed by atoms with Gasteiger partial charge in [-0.15, -0.1) is 11.3 Å². The van der Waals surface area contributed by atoms with Gasteiger partial charge in [-0.2, -0.15) is 5.26 Å². The van der Waals surface area contributed by atoms with E-state index in [1.165, 1.54) is 0 Å². The summed E-state index contributed by atoms with van der Waals surface area (Å²) >= 11 is 8.01. The van der Waals surface area contributed by atoms with Crippen LogP contribution in [-0.4, -0.2) is 12.6 Å². The number of nitriles is 1. The van der Waals surface area contributed by atoms with E-state index in [1.807, 2.05) is 31.2 Å². The Morgan fingerprint density at radius 2 is 2.27 bits per heavy atom. The normalized spacial score (nSPS) is 20.9. The summed E-state index contributed by atoms with van der Waals surface area (Å²) in [5, 5.41) is 9.69. The van der Waals surface area contributed by atoms with Gasteiger partial charge in [0.05, 0.1) is 28.1 Å². The van der Waals surface area contributed by atoms with Crippen molar-refractivity contribution in [3.05, 3.63) is 45.8 Å². The molecule has 2 N–H and O–H groups in total. The molecular weight excluding hydrogens is 318 g/mol. The van der Waals surface area contributed by atoms with Crippen LogP contribution in [0.1, 0.15) is 23.8 Å². The zero-order valence-corrected chi connectivity index (χ0v) is 13.5. The highest BCUT2D eigenvalue weighted by atomic mass is 35.5. The SMILES string of the molecule is C[C@@]1(c2sc(-c3cccc(C#N)c3)cc2Cl)CCOC(N)=N1. The van der Waals surface area contributed by atoms with Gasteiger partial charge in [0, 0.05) is 11.3 Å². The number of nitrogens with zero attached hydrogens (tertiary/aromatic N) is 2. The summed E-state index contributed by atoms with van der Waals surface area (Å²) in [6.07, 6.45) is 0.728. The molecule has 3 rings (SSSR count). The summed E-state index contributed by atoms with van der Waals surface area (Å²) in [5.41, 5.74) is 6.85. The quantitative estimate of drug-likeness (QED) is 0.907. The molecule has 1 aliphatic rings. The highest BCUT2D eigenvalue weighted by molar-refractivity contribution is 7.16. The molecule has 1 aliphatic heterocycles. The summed E-state index contributed by atoms with van der Waals surface area (Å²) in [6, 6.07) is 11.7. The molecule has 0 saturated carbocycles. The molecule has 0 unspecified atom stereocenters. The largest absolute Gasteiger partial charge is 0.465 e. The Kier molecular flexibility index (Phi) is 3.81. The lowest BCUT2D eigenvalue weighted by Crippen LogP contribution is -2.33. The molecule has 2 heterocycles. The maximum atomic E-state index is 9.02. The Labute approximate surface area is 137 Å². The highest BCUT2D eigenvalue weighted by Crippen LogP contribution is 2.44. The van der Waals surface area contributed by atoms with Gasteiger partial charge in [-0.05, 0) is 30.7 Å². The lowest BCUT2D eigenvalue weighted by molar-refractivity contribution is 0.220. The molecule has 0 bridgehead atoms. The van der Waals surface area contributed by atoms with Crippen molar-refractivity contribution in [2.75, 3.05) is 6.61 Å². The third-order valence-corrected chi connectivity index (χ3v) is 5.50. The number of rotatable bonds is 2. The zero-order chi connectivity index (χ0) is 15.7. The number of hydrogen-bond donors (Lipinski definition) is 1. The first kappa shape index (κ1) is 14.9. The Bertz CT molecular complexity index is 793. The number of ether oxygens (including phenoxy) is 1. The average molecular weight is 332 g/mol. The Morgan fingerprint density at radius 3 is 3.00 bits per heavy atom. The minimum absolute atomic E-state index is 0.200.